The lowest BCUT2D eigenvalue weighted by atomic mass is 10.0. The molecule has 0 aliphatic heterocycles. The van der Waals surface area contributed by atoms with Crippen molar-refractivity contribution in [2.75, 3.05) is 20.8 Å². The maximum Gasteiger partial charge on any atom is 0.323 e. The number of methoxy groups -OCH3 is 2. The summed E-state index contributed by atoms with van der Waals surface area (Å²) in [6.07, 6.45) is 6.58. The quantitative estimate of drug-likeness (QED) is 0.513. The molecule has 0 aromatic heterocycles. The highest BCUT2D eigenvalue weighted by Crippen LogP contribution is 2.18. The third kappa shape index (κ3) is 5.65. The average Bonchev–Trinajstić information content (AvgIpc) is 2.70. The van der Waals surface area contributed by atoms with E-state index in [-0.39, 0.29) is 5.97 Å². The summed E-state index contributed by atoms with van der Waals surface area (Å²) in [5, 5.41) is 0. The van der Waals surface area contributed by atoms with Gasteiger partial charge in [-0.05, 0) is 29.7 Å². The zero-order valence-electron chi connectivity index (χ0n) is 15.4. The van der Waals surface area contributed by atoms with E-state index in [4.69, 9.17) is 15.9 Å². The third-order valence-corrected chi connectivity index (χ3v) is 4.27. The summed E-state index contributed by atoms with van der Waals surface area (Å²) in [6, 6.07) is 17.4. The van der Waals surface area contributed by atoms with Crippen LogP contribution in [-0.2, 0) is 22.5 Å². The number of carbonyl (C=O) groups excluding carboxylic acids is 1. The van der Waals surface area contributed by atoms with Crippen molar-refractivity contribution in [1.82, 2.24) is 4.90 Å². The Balaban J connectivity index is 2.23. The van der Waals surface area contributed by atoms with Crippen LogP contribution in [0, 0.1) is 12.3 Å². The molecule has 0 heterocycles. The lowest BCUT2D eigenvalue weighted by molar-refractivity contribution is -0.147. The maximum atomic E-state index is 12.5. The minimum Gasteiger partial charge on any atom is -0.497 e. The molecule has 2 aromatic carbocycles. The van der Waals surface area contributed by atoms with Crippen LogP contribution in [0.2, 0.25) is 0 Å². The van der Waals surface area contributed by atoms with Crippen molar-refractivity contribution in [3.63, 3.8) is 0 Å². The summed E-state index contributed by atoms with van der Waals surface area (Å²) in [5.74, 6) is 3.20. The van der Waals surface area contributed by atoms with Gasteiger partial charge in [-0.1, -0.05) is 42.5 Å². The predicted octanol–water partition coefficient (Wildman–Crippen LogP) is 3.30. The molecule has 136 valence electrons. The Kier molecular flexibility index (Phi) is 7.73. The van der Waals surface area contributed by atoms with Crippen molar-refractivity contribution in [2.45, 2.75) is 25.4 Å². The van der Waals surface area contributed by atoms with E-state index in [0.717, 1.165) is 16.9 Å². The number of carbonyl (C=O) groups is 1. The monoisotopic (exact) mass is 351 g/mol. The molecule has 0 saturated heterocycles. The molecule has 0 N–H and O–H groups in total. The van der Waals surface area contributed by atoms with Crippen LogP contribution in [0.3, 0.4) is 0 Å². The van der Waals surface area contributed by atoms with Crippen LogP contribution >= 0.6 is 0 Å². The van der Waals surface area contributed by atoms with Crippen molar-refractivity contribution >= 4 is 5.97 Å². The average molecular weight is 351 g/mol. The van der Waals surface area contributed by atoms with Crippen LogP contribution in [-0.4, -0.2) is 37.7 Å². The molecule has 4 heteroatoms. The van der Waals surface area contributed by atoms with Gasteiger partial charge in [0.05, 0.1) is 14.2 Å². The van der Waals surface area contributed by atoms with E-state index in [0.29, 0.717) is 25.9 Å². The van der Waals surface area contributed by atoms with Gasteiger partial charge in [-0.25, -0.2) is 0 Å². The number of esters is 1. The second-order valence-corrected chi connectivity index (χ2v) is 6.00. The van der Waals surface area contributed by atoms with E-state index < -0.39 is 6.04 Å². The molecule has 4 nitrogen and oxygen atoms in total. The molecule has 0 unspecified atom stereocenters. The normalized spacial score (nSPS) is 11.6. The number of rotatable bonds is 9. The largest absolute Gasteiger partial charge is 0.497 e. The van der Waals surface area contributed by atoms with Crippen molar-refractivity contribution < 1.29 is 14.3 Å². The fourth-order valence-electron chi connectivity index (χ4n) is 2.85. The summed E-state index contributed by atoms with van der Waals surface area (Å²) in [4.78, 5) is 14.6. The van der Waals surface area contributed by atoms with Crippen LogP contribution in [0.1, 0.15) is 17.5 Å². The molecule has 0 aliphatic rings. The van der Waals surface area contributed by atoms with E-state index in [2.05, 4.69) is 10.8 Å². The van der Waals surface area contributed by atoms with Crippen molar-refractivity contribution in [2.24, 2.45) is 0 Å². The van der Waals surface area contributed by atoms with Gasteiger partial charge in [0.15, 0.2) is 0 Å². The highest BCUT2D eigenvalue weighted by Gasteiger charge is 2.27. The Morgan fingerprint density at radius 2 is 1.77 bits per heavy atom. The van der Waals surface area contributed by atoms with Crippen LogP contribution in [0.4, 0.5) is 0 Å². The standard InChI is InChI=1S/C22H25NO3/c1-4-5-15-23(17-19-9-7-6-8-10-19)21(22(24)26-3)16-18-11-13-20(25-2)14-12-18/h1,6-14,21H,5,15-17H2,2-3H3/t21-/m1/s1. The Bertz CT molecular complexity index is 719. The number of hydrogen-bond donors (Lipinski definition) is 0. The molecule has 0 saturated carbocycles. The van der Waals surface area contributed by atoms with Gasteiger partial charge >= 0.3 is 5.97 Å². The number of terminal acetylenes is 1. The first-order chi connectivity index (χ1) is 12.7. The second-order valence-electron chi connectivity index (χ2n) is 6.00. The van der Waals surface area contributed by atoms with Gasteiger partial charge in [-0.15, -0.1) is 12.3 Å². The van der Waals surface area contributed by atoms with Crippen LogP contribution < -0.4 is 4.74 Å². The number of benzene rings is 2. The van der Waals surface area contributed by atoms with Crippen LogP contribution in [0.5, 0.6) is 5.75 Å². The highest BCUT2D eigenvalue weighted by molar-refractivity contribution is 5.76. The number of nitrogens with zero attached hydrogens (tertiary/aromatic N) is 1. The molecule has 2 rings (SSSR count). The summed E-state index contributed by atoms with van der Waals surface area (Å²) < 4.78 is 10.3. The fourth-order valence-corrected chi connectivity index (χ4v) is 2.85. The van der Waals surface area contributed by atoms with Crippen LogP contribution in [0.15, 0.2) is 54.6 Å². The number of ether oxygens (including phenoxy) is 2. The molecule has 0 bridgehead atoms. The second kappa shape index (κ2) is 10.3. The van der Waals surface area contributed by atoms with E-state index in [1.54, 1.807) is 7.11 Å². The first kappa shape index (κ1) is 19.6. The summed E-state index contributed by atoms with van der Waals surface area (Å²) in [7, 11) is 3.05. The smallest absolute Gasteiger partial charge is 0.323 e. The zero-order chi connectivity index (χ0) is 18.8. The van der Waals surface area contributed by atoms with Gasteiger partial charge in [0, 0.05) is 19.5 Å². The van der Waals surface area contributed by atoms with Crippen molar-refractivity contribution in [1.29, 1.82) is 0 Å². The molecule has 0 radical (unpaired) electrons. The van der Waals surface area contributed by atoms with Crippen molar-refractivity contribution in [3.8, 4) is 18.1 Å². The maximum absolute atomic E-state index is 12.5. The topological polar surface area (TPSA) is 38.8 Å². The first-order valence-corrected chi connectivity index (χ1v) is 8.60. The van der Waals surface area contributed by atoms with E-state index in [1.807, 2.05) is 54.6 Å². The lowest BCUT2D eigenvalue weighted by Gasteiger charge is -2.29. The van der Waals surface area contributed by atoms with Gasteiger partial charge < -0.3 is 9.47 Å². The van der Waals surface area contributed by atoms with Crippen LogP contribution in [0.25, 0.3) is 0 Å². The Morgan fingerprint density at radius 1 is 1.08 bits per heavy atom. The molecule has 0 spiro atoms. The third-order valence-electron chi connectivity index (χ3n) is 4.27. The minimum absolute atomic E-state index is 0.256. The summed E-state index contributed by atoms with van der Waals surface area (Å²) in [5.41, 5.74) is 2.17. The fraction of sp³-hybridized carbons (Fsp3) is 0.318. The number of hydrogen-bond acceptors (Lipinski definition) is 4. The molecule has 0 aliphatic carbocycles. The van der Waals surface area contributed by atoms with Gasteiger partial charge in [-0.2, -0.15) is 0 Å². The molecule has 0 amide bonds. The van der Waals surface area contributed by atoms with Gasteiger partial charge in [0.25, 0.3) is 0 Å². The first-order valence-electron chi connectivity index (χ1n) is 8.60. The van der Waals surface area contributed by atoms with E-state index >= 15 is 0 Å². The summed E-state index contributed by atoms with van der Waals surface area (Å²) >= 11 is 0. The molecule has 0 fully saturated rings. The van der Waals surface area contributed by atoms with Gasteiger partial charge in [-0.3, -0.25) is 9.69 Å². The molecule has 1 atom stereocenters. The lowest BCUT2D eigenvalue weighted by Crippen LogP contribution is -2.43. The molecular formula is C22H25NO3. The Labute approximate surface area is 155 Å². The highest BCUT2D eigenvalue weighted by atomic mass is 16.5. The minimum atomic E-state index is -0.401. The summed E-state index contributed by atoms with van der Waals surface area (Å²) in [6.45, 7) is 1.26. The Morgan fingerprint density at radius 3 is 2.35 bits per heavy atom. The molecule has 26 heavy (non-hydrogen) atoms. The predicted molar refractivity (Wildman–Crippen MR) is 103 cm³/mol. The van der Waals surface area contributed by atoms with E-state index in [9.17, 15) is 4.79 Å². The van der Waals surface area contributed by atoms with E-state index in [1.165, 1.54) is 7.11 Å². The molecule has 2 aromatic rings. The molecular weight excluding hydrogens is 326 g/mol. The Hall–Kier alpha value is -2.77. The van der Waals surface area contributed by atoms with Gasteiger partial charge in [0.2, 0.25) is 0 Å². The van der Waals surface area contributed by atoms with Gasteiger partial charge in [0.1, 0.15) is 11.8 Å². The van der Waals surface area contributed by atoms with Crippen molar-refractivity contribution in [3.05, 3.63) is 65.7 Å². The SMILES string of the molecule is C#CCCN(Cc1ccccc1)[C@H](Cc1ccc(OC)cc1)C(=O)OC. The zero-order valence-corrected chi connectivity index (χ0v) is 15.4.